The zero-order valence-corrected chi connectivity index (χ0v) is 8.18. The quantitative estimate of drug-likeness (QED) is 0.722. The van der Waals surface area contributed by atoms with Gasteiger partial charge < -0.3 is 9.67 Å². The normalized spacial score (nSPS) is 10.9. The van der Waals surface area contributed by atoms with E-state index in [0.717, 1.165) is 24.7 Å². The summed E-state index contributed by atoms with van der Waals surface area (Å²) < 4.78 is 1.95. The van der Waals surface area contributed by atoms with Gasteiger partial charge >= 0.3 is 5.97 Å². The van der Waals surface area contributed by atoms with Crippen molar-refractivity contribution in [1.29, 1.82) is 0 Å². The van der Waals surface area contributed by atoms with Gasteiger partial charge in [-0.15, -0.1) is 0 Å². The molecule has 0 saturated carbocycles. The highest BCUT2D eigenvalue weighted by Gasteiger charge is 1.98. The van der Waals surface area contributed by atoms with E-state index in [9.17, 15) is 4.79 Å². The number of carboxylic acid groups (broad SMARTS) is 1. The number of aliphatic carboxylic acids is 1. The molecule has 4 nitrogen and oxygen atoms in total. The maximum atomic E-state index is 10.2. The fourth-order valence-corrected chi connectivity index (χ4v) is 1.23. The van der Waals surface area contributed by atoms with Crippen LogP contribution in [0.15, 0.2) is 24.5 Å². The molecule has 0 fully saturated rings. The molecule has 0 aromatic carbocycles. The van der Waals surface area contributed by atoms with Gasteiger partial charge in [0.25, 0.3) is 0 Å². The first-order valence-electron chi connectivity index (χ1n) is 4.63. The average Bonchev–Trinajstić information content (AvgIpc) is 2.53. The molecule has 1 heterocycles. The molecule has 1 aromatic rings. The van der Waals surface area contributed by atoms with Gasteiger partial charge in [0.15, 0.2) is 0 Å². The van der Waals surface area contributed by atoms with Gasteiger partial charge in [0, 0.05) is 31.4 Å². The monoisotopic (exact) mass is 194 g/mol. The predicted octanol–water partition coefficient (Wildman–Crippen LogP) is 1.48. The lowest BCUT2D eigenvalue weighted by molar-refractivity contribution is -0.131. The molecule has 1 N–H and O–H groups in total. The summed E-state index contributed by atoms with van der Waals surface area (Å²) in [4.78, 5) is 14.4. The predicted molar refractivity (Wildman–Crippen MR) is 53.0 cm³/mol. The summed E-state index contributed by atoms with van der Waals surface area (Å²) in [6, 6.07) is 0. The van der Waals surface area contributed by atoms with Crippen molar-refractivity contribution >= 4 is 5.97 Å². The minimum atomic E-state index is -0.915. The maximum Gasteiger partial charge on any atom is 0.328 e. The van der Waals surface area contributed by atoms with E-state index in [0.29, 0.717) is 6.54 Å². The van der Waals surface area contributed by atoms with Crippen LogP contribution in [-0.4, -0.2) is 20.6 Å². The van der Waals surface area contributed by atoms with Gasteiger partial charge in [-0.05, 0) is 6.42 Å². The van der Waals surface area contributed by atoms with Crippen LogP contribution in [0.1, 0.15) is 19.2 Å². The van der Waals surface area contributed by atoms with Crippen LogP contribution in [0.5, 0.6) is 0 Å². The van der Waals surface area contributed by atoms with Crippen LogP contribution in [-0.2, 0) is 17.8 Å². The molecular weight excluding hydrogens is 180 g/mol. The number of imidazole rings is 1. The zero-order valence-electron chi connectivity index (χ0n) is 8.18. The summed E-state index contributed by atoms with van der Waals surface area (Å²) in [7, 11) is 0. The van der Waals surface area contributed by atoms with E-state index in [4.69, 9.17) is 5.11 Å². The third kappa shape index (κ3) is 3.05. The van der Waals surface area contributed by atoms with Crippen molar-refractivity contribution in [2.24, 2.45) is 0 Å². The van der Waals surface area contributed by atoms with Gasteiger partial charge in [0.05, 0.1) is 0 Å². The summed E-state index contributed by atoms with van der Waals surface area (Å²) in [6.07, 6.45) is 8.32. The number of hydrogen-bond donors (Lipinski definition) is 1. The Morgan fingerprint density at radius 3 is 3.14 bits per heavy atom. The molecule has 0 amide bonds. The summed E-state index contributed by atoms with van der Waals surface area (Å²) in [5.41, 5.74) is 0. The van der Waals surface area contributed by atoms with Gasteiger partial charge in [0.2, 0.25) is 0 Å². The Morgan fingerprint density at radius 1 is 1.71 bits per heavy atom. The van der Waals surface area contributed by atoms with Crippen molar-refractivity contribution in [3.8, 4) is 0 Å². The topological polar surface area (TPSA) is 55.1 Å². The van der Waals surface area contributed by atoms with Crippen molar-refractivity contribution in [2.75, 3.05) is 0 Å². The van der Waals surface area contributed by atoms with Gasteiger partial charge in [0.1, 0.15) is 5.82 Å². The number of nitrogens with zero attached hydrogens (tertiary/aromatic N) is 2. The van der Waals surface area contributed by atoms with Gasteiger partial charge in [-0.1, -0.05) is 13.0 Å². The summed E-state index contributed by atoms with van der Waals surface area (Å²) in [5.74, 6) is 0.0877. The SMILES string of the molecule is CCCc1nccn1C/C=C/C(=O)O. The Hall–Kier alpha value is -1.58. The summed E-state index contributed by atoms with van der Waals surface area (Å²) in [5, 5.41) is 8.40. The number of rotatable bonds is 5. The van der Waals surface area contributed by atoms with E-state index >= 15 is 0 Å². The van der Waals surface area contributed by atoms with Gasteiger partial charge in [-0.25, -0.2) is 9.78 Å². The molecule has 4 heteroatoms. The second-order valence-corrected chi connectivity index (χ2v) is 2.99. The molecule has 0 aliphatic carbocycles. The lowest BCUT2D eigenvalue weighted by Gasteiger charge is -2.02. The Bertz CT molecular complexity index is 329. The van der Waals surface area contributed by atoms with E-state index < -0.39 is 5.97 Å². The smallest absolute Gasteiger partial charge is 0.328 e. The van der Waals surface area contributed by atoms with Gasteiger partial charge in [-0.2, -0.15) is 0 Å². The van der Waals surface area contributed by atoms with Crippen LogP contribution in [0.4, 0.5) is 0 Å². The Labute approximate surface area is 82.9 Å². The van der Waals surface area contributed by atoms with Gasteiger partial charge in [-0.3, -0.25) is 0 Å². The summed E-state index contributed by atoms with van der Waals surface area (Å²) >= 11 is 0. The van der Waals surface area contributed by atoms with E-state index in [1.165, 1.54) is 0 Å². The molecule has 0 spiro atoms. The fraction of sp³-hybridized carbons (Fsp3) is 0.400. The van der Waals surface area contributed by atoms with Crippen LogP contribution >= 0.6 is 0 Å². The molecular formula is C10H14N2O2. The first-order chi connectivity index (χ1) is 6.74. The molecule has 76 valence electrons. The maximum absolute atomic E-state index is 10.2. The molecule has 1 aromatic heterocycles. The molecule has 0 atom stereocenters. The minimum absolute atomic E-state index is 0.571. The average molecular weight is 194 g/mol. The lowest BCUT2D eigenvalue weighted by atomic mass is 10.3. The highest BCUT2D eigenvalue weighted by Crippen LogP contribution is 2.01. The van der Waals surface area contributed by atoms with Crippen molar-refractivity contribution in [3.05, 3.63) is 30.4 Å². The molecule has 0 bridgehead atoms. The van der Waals surface area contributed by atoms with Crippen LogP contribution in [0, 0.1) is 0 Å². The van der Waals surface area contributed by atoms with Crippen LogP contribution in [0.2, 0.25) is 0 Å². The van der Waals surface area contributed by atoms with E-state index in [2.05, 4.69) is 11.9 Å². The second kappa shape index (κ2) is 5.21. The van der Waals surface area contributed by atoms with Crippen molar-refractivity contribution in [3.63, 3.8) is 0 Å². The third-order valence-electron chi connectivity index (χ3n) is 1.84. The number of hydrogen-bond acceptors (Lipinski definition) is 2. The highest BCUT2D eigenvalue weighted by molar-refractivity contribution is 5.79. The standard InChI is InChI=1S/C10H14N2O2/c1-2-4-9-11-6-8-12(9)7-3-5-10(13)14/h3,5-6,8H,2,4,7H2,1H3,(H,13,14)/b5-3+. The number of carbonyl (C=O) groups is 1. The van der Waals surface area contributed by atoms with Crippen LogP contribution < -0.4 is 0 Å². The fourth-order valence-electron chi connectivity index (χ4n) is 1.23. The van der Waals surface area contributed by atoms with Crippen molar-refractivity contribution < 1.29 is 9.90 Å². The van der Waals surface area contributed by atoms with Crippen molar-refractivity contribution in [1.82, 2.24) is 9.55 Å². The van der Waals surface area contributed by atoms with E-state index in [1.54, 1.807) is 12.3 Å². The highest BCUT2D eigenvalue weighted by atomic mass is 16.4. The number of allylic oxidation sites excluding steroid dienone is 1. The molecule has 14 heavy (non-hydrogen) atoms. The van der Waals surface area contributed by atoms with Crippen LogP contribution in [0.3, 0.4) is 0 Å². The number of aryl methyl sites for hydroxylation is 1. The second-order valence-electron chi connectivity index (χ2n) is 2.99. The summed E-state index contributed by atoms with van der Waals surface area (Å²) in [6.45, 7) is 2.66. The van der Waals surface area contributed by atoms with Crippen LogP contribution in [0.25, 0.3) is 0 Å². The molecule has 0 saturated heterocycles. The lowest BCUT2D eigenvalue weighted by Crippen LogP contribution is -2.01. The Morgan fingerprint density at radius 2 is 2.50 bits per heavy atom. The molecule has 0 aliphatic rings. The largest absolute Gasteiger partial charge is 0.478 e. The molecule has 1 rings (SSSR count). The van der Waals surface area contributed by atoms with Crippen molar-refractivity contribution in [2.45, 2.75) is 26.3 Å². The Kier molecular flexibility index (Phi) is 3.91. The Balaban J connectivity index is 2.57. The van der Waals surface area contributed by atoms with E-state index in [-0.39, 0.29) is 0 Å². The number of carboxylic acids is 1. The molecule has 0 aliphatic heterocycles. The first-order valence-corrected chi connectivity index (χ1v) is 4.63. The van der Waals surface area contributed by atoms with E-state index in [1.807, 2.05) is 10.8 Å². The minimum Gasteiger partial charge on any atom is -0.478 e. The number of aromatic nitrogens is 2. The first kappa shape index (κ1) is 10.5. The zero-order chi connectivity index (χ0) is 10.4. The molecule has 0 radical (unpaired) electrons. The molecule has 0 unspecified atom stereocenters. The third-order valence-corrected chi connectivity index (χ3v) is 1.84.